The van der Waals surface area contributed by atoms with E-state index in [0.717, 1.165) is 5.92 Å². The molecular weight excluding hydrogens is 545 g/mol. The van der Waals surface area contributed by atoms with Gasteiger partial charge in [-0.15, -0.1) is 34.0 Å². The lowest BCUT2D eigenvalue weighted by molar-refractivity contribution is 0.431. The second-order valence-corrected chi connectivity index (χ2v) is 20.2. The smallest absolute Gasteiger partial charge is 0.149 e. The summed E-state index contributed by atoms with van der Waals surface area (Å²) in [5, 5.41) is 3.57. The van der Waals surface area contributed by atoms with E-state index in [1.165, 1.54) is 119 Å². The summed E-state index contributed by atoms with van der Waals surface area (Å²) in [4.78, 5) is 7.97. The van der Waals surface area contributed by atoms with Crippen LogP contribution >= 0.6 is 34.0 Å². The van der Waals surface area contributed by atoms with Gasteiger partial charge in [0.2, 0.25) is 0 Å². The van der Waals surface area contributed by atoms with Gasteiger partial charge < -0.3 is 0 Å². The first-order valence-electron chi connectivity index (χ1n) is 16.3. The van der Waals surface area contributed by atoms with E-state index in [9.17, 15) is 0 Å². The molecule has 1 aliphatic rings. The van der Waals surface area contributed by atoms with Crippen LogP contribution in [0.25, 0.3) is 9.75 Å². The Hall–Kier alpha value is -0.683. The highest BCUT2D eigenvalue weighted by atomic mass is 32.1. The van der Waals surface area contributed by atoms with Crippen molar-refractivity contribution in [1.82, 2.24) is 0 Å². The number of unbranched alkanes of at least 4 members (excludes halogenated alkanes) is 10. The Morgan fingerprint density at radius 2 is 1.13 bits per heavy atom. The minimum atomic E-state index is -2.01. The third-order valence-electron chi connectivity index (χ3n) is 8.97. The van der Waals surface area contributed by atoms with Crippen LogP contribution in [0, 0.1) is 19.8 Å². The predicted molar refractivity (Wildman–Crippen MR) is 184 cm³/mol. The fourth-order valence-corrected chi connectivity index (χ4v) is 18.5. The summed E-state index contributed by atoms with van der Waals surface area (Å²) in [5.74, 6) is 0.865. The van der Waals surface area contributed by atoms with Crippen molar-refractivity contribution in [3.8, 4) is 9.75 Å². The maximum absolute atomic E-state index is 2.64. The average molecular weight is 599 g/mol. The van der Waals surface area contributed by atoms with Gasteiger partial charge >= 0.3 is 0 Å². The first-order valence-corrected chi connectivity index (χ1v) is 21.0. The molecule has 3 aromatic rings. The average Bonchev–Trinajstić information content (AvgIpc) is 3.68. The van der Waals surface area contributed by atoms with Crippen molar-refractivity contribution in [3.05, 3.63) is 38.9 Å². The molecule has 4 heteroatoms. The molecule has 1 atom stereocenters. The predicted octanol–water partition coefficient (Wildman–Crippen LogP) is 11.0. The Kier molecular flexibility index (Phi) is 12.4. The minimum absolute atomic E-state index is 0.865. The van der Waals surface area contributed by atoms with Crippen LogP contribution in [0.15, 0.2) is 24.3 Å². The van der Waals surface area contributed by atoms with E-state index in [1.807, 2.05) is 0 Å². The van der Waals surface area contributed by atoms with E-state index in [-0.39, 0.29) is 0 Å². The molecule has 0 radical (unpaired) electrons. The number of fused-ring (bicyclic) bond motifs is 3. The molecule has 0 bridgehead atoms. The highest BCUT2D eigenvalue weighted by Gasteiger charge is 2.51. The summed E-state index contributed by atoms with van der Waals surface area (Å²) in [6.45, 7) is 11.7. The van der Waals surface area contributed by atoms with Crippen molar-refractivity contribution in [1.29, 1.82) is 0 Å². The maximum atomic E-state index is 2.64. The largest absolute Gasteiger partial charge is 0.164 e. The molecule has 0 spiro atoms. The fourth-order valence-electron chi connectivity index (χ4n) is 6.88. The van der Waals surface area contributed by atoms with Crippen molar-refractivity contribution in [2.45, 2.75) is 143 Å². The molecule has 0 aliphatic carbocycles. The second-order valence-electron chi connectivity index (χ2n) is 12.3. The zero-order chi connectivity index (χ0) is 27.7. The van der Waals surface area contributed by atoms with Crippen LogP contribution in [0.5, 0.6) is 0 Å². The van der Waals surface area contributed by atoms with Gasteiger partial charge in [-0.2, -0.15) is 0 Å². The molecule has 0 N–H and O–H groups in total. The number of hydrogen-bond donors (Lipinski definition) is 0. The van der Waals surface area contributed by atoms with E-state index in [2.05, 4.69) is 92.9 Å². The van der Waals surface area contributed by atoms with E-state index < -0.39 is 8.07 Å². The Labute approximate surface area is 253 Å². The molecule has 39 heavy (non-hydrogen) atoms. The normalized spacial score (nSPS) is 14.6. The number of rotatable bonds is 19. The molecule has 0 amide bonds. The Morgan fingerprint density at radius 1 is 0.615 bits per heavy atom. The molecule has 216 valence electrons. The number of aryl methyl sites for hydroxylation is 3. The molecule has 4 heterocycles. The fraction of sp³-hybridized carbons (Fsp3) is 0.657. The molecule has 1 aliphatic heterocycles. The van der Waals surface area contributed by atoms with Crippen LogP contribution in [0.4, 0.5) is 0 Å². The van der Waals surface area contributed by atoms with Crippen molar-refractivity contribution in [3.63, 3.8) is 0 Å². The van der Waals surface area contributed by atoms with E-state index in [1.54, 1.807) is 29.5 Å². The van der Waals surface area contributed by atoms with Gasteiger partial charge in [0.15, 0.2) is 8.07 Å². The number of hydrogen-bond acceptors (Lipinski definition) is 3. The molecule has 3 aromatic heterocycles. The van der Waals surface area contributed by atoms with E-state index >= 15 is 0 Å². The second kappa shape index (κ2) is 15.5. The van der Waals surface area contributed by atoms with Crippen molar-refractivity contribution in [2.75, 3.05) is 0 Å². The molecule has 0 saturated heterocycles. The minimum Gasteiger partial charge on any atom is -0.149 e. The Morgan fingerprint density at radius 3 is 1.72 bits per heavy atom. The van der Waals surface area contributed by atoms with E-state index in [4.69, 9.17) is 0 Å². The number of thiophene rings is 3. The van der Waals surface area contributed by atoms with Crippen LogP contribution in [0.2, 0.25) is 6.04 Å². The molecular formula is C35H54S3Si. The lowest BCUT2D eigenvalue weighted by Crippen LogP contribution is -2.64. The Bertz CT molecular complexity index is 1090. The third-order valence-corrected chi connectivity index (χ3v) is 18.7. The van der Waals surface area contributed by atoms with Crippen LogP contribution in [0.1, 0.15) is 132 Å². The maximum Gasteiger partial charge on any atom is 0.164 e. The monoisotopic (exact) mass is 598 g/mol. The lowest BCUT2D eigenvalue weighted by atomic mass is 9.96. The summed E-state index contributed by atoms with van der Waals surface area (Å²) in [6, 6.07) is 11.9. The first-order chi connectivity index (χ1) is 19.0. The third kappa shape index (κ3) is 7.59. The van der Waals surface area contributed by atoms with Gasteiger partial charge in [0.05, 0.1) is 0 Å². The van der Waals surface area contributed by atoms with Gasteiger partial charge in [-0.3, -0.25) is 0 Å². The van der Waals surface area contributed by atoms with Gasteiger partial charge in [-0.25, -0.2) is 0 Å². The molecule has 0 aromatic carbocycles. The van der Waals surface area contributed by atoms with Crippen LogP contribution in [-0.2, 0) is 6.42 Å². The highest BCUT2D eigenvalue weighted by Crippen LogP contribution is 2.43. The van der Waals surface area contributed by atoms with Crippen LogP contribution in [0.3, 0.4) is 0 Å². The van der Waals surface area contributed by atoms with Crippen molar-refractivity contribution in [2.24, 2.45) is 5.92 Å². The van der Waals surface area contributed by atoms with Crippen LogP contribution < -0.4 is 14.9 Å². The van der Waals surface area contributed by atoms with Crippen LogP contribution in [-0.4, -0.2) is 8.07 Å². The topological polar surface area (TPSA) is 0 Å². The summed E-state index contributed by atoms with van der Waals surface area (Å²) < 4.78 is 1.77. The quantitative estimate of drug-likeness (QED) is 0.0951. The summed E-state index contributed by atoms with van der Waals surface area (Å²) >= 11 is 6.38. The summed E-state index contributed by atoms with van der Waals surface area (Å²) in [5.41, 5.74) is 0. The zero-order valence-electron chi connectivity index (χ0n) is 25.6. The molecule has 0 saturated carbocycles. The molecule has 0 fully saturated rings. The lowest BCUT2D eigenvalue weighted by Gasteiger charge is -2.32. The molecule has 1 unspecified atom stereocenters. The van der Waals surface area contributed by atoms with Crippen molar-refractivity contribution < 1.29 is 0 Å². The van der Waals surface area contributed by atoms with Gasteiger partial charge in [-0.05, 0) is 67.2 Å². The van der Waals surface area contributed by atoms with Gasteiger partial charge in [0.1, 0.15) is 0 Å². The highest BCUT2D eigenvalue weighted by molar-refractivity contribution is 7.38. The first kappa shape index (κ1) is 31.3. The summed E-state index contributed by atoms with van der Waals surface area (Å²) in [7, 11) is -2.01. The standard InChI is InChI=1S/C35H54S3Si/c1-6-9-12-14-15-18-20-29(19-17-13-10-7-2)26-39(33-23-22-30(38-33)21-16-11-8-3)31-24-27(4)36-34(31)35-32(39)25-28(5)37-35/h22-25,29H,6-21,26H2,1-5H3. The van der Waals surface area contributed by atoms with Gasteiger partial charge in [-0.1, -0.05) is 117 Å². The Balaban J connectivity index is 1.67. The van der Waals surface area contributed by atoms with Gasteiger partial charge in [0, 0.05) is 28.9 Å². The molecule has 4 rings (SSSR count). The van der Waals surface area contributed by atoms with Gasteiger partial charge in [0.25, 0.3) is 0 Å². The SMILES string of the molecule is CCCCCCCCC(CCCCCC)C[Si]1(c2ccc(CCCCC)s2)c2cc(C)sc2-c2sc(C)cc21. The van der Waals surface area contributed by atoms with Crippen molar-refractivity contribution >= 4 is 57.0 Å². The molecule has 0 nitrogen and oxygen atoms in total. The van der Waals surface area contributed by atoms with E-state index in [0.29, 0.717) is 0 Å². The zero-order valence-corrected chi connectivity index (χ0v) is 29.1. The summed E-state index contributed by atoms with van der Waals surface area (Å²) in [6.07, 6.45) is 22.3.